The third-order valence-electron chi connectivity index (χ3n) is 4.17. The lowest BCUT2D eigenvalue weighted by Gasteiger charge is -2.11. The molecule has 0 spiro atoms. The lowest BCUT2D eigenvalue weighted by Crippen LogP contribution is -2.17. The van der Waals surface area contributed by atoms with Crippen molar-refractivity contribution < 1.29 is 9.90 Å². The lowest BCUT2D eigenvalue weighted by molar-refractivity contribution is -0.142. The summed E-state index contributed by atoms with van der Waals surface area (Å²) >= 11 is 0. The highest BCUT2D eigenvalue weighted by atomic mass is 16.4. The molecule has 1 atom stereocenters. The third kappa shape index (κ3) is 4.07. The van der Waals surface area contributed by atoms with Crippen LogP contribution < -0.4 is 5.73 Å². The summed E-state index contributed by atoms with van der Waals surface area (Å²) in [7, 11) is 0. The quantitative estimate of drug-likeness (QED) is 0.716. The van der Waals surface area contributed by atoms with E-state index >= 15 is 0 Å². The lowest BCUT2D eigenvalue weighted by atomic mass is 9.97. The van der Waals surface area contributed by atoms with Crippen molar-refractivity contribution >= 4 is 5.97 Å². The van der Waals surface area contributed by atoms with Crippen molar-refractivity contribution in [3.05, 3.63) is 18.0 Å². The normalized spacial score (nSPS) is 17.4. The minimum atomic E-state index is -0.725. The van der Waals surface area contributed by atoms with E-state index in [-0.39, 0.29) is 5.92 Å². The molecule has 1 saturated carbocycles. The highest BCUT2D eigenvalue weighted by Gasteiger charge is 2.21. The predicted molar refractivity (Wildman–Crippen MR) is 77.5 cm³/mol. The first kappa shape index (κ1) is 15.0. The topological polar surface area (TPSA) is 81.1 Å². The minimum Gasteiger partial charge on any atom is -0.481 e. The number of unbranched alkanes of at least 4 members (excludes halogenated alkanes) is 1. The van der Waals surface area contributed by atoms with E-state index in [0.717, 1.165) is 18.5 Å². The Balaban J connectivity index is 1.90. The molecule has 5 nitrogen and oxygen atoms in total. The van der Waals surface area contributed by atoms with Crippen LogP contribution in [0.5, 0.6) is 0 Å². The van der Waals surface area contributed by atoms with Gasteiger partial charge in [0.1, 0.15) is 0 Å². The maximum Gasteiger partial charge on any atom is 0.306 e. The zero-order valence-electron chi connectivity index (χ0n) is 12.0. The number of carboxylic acids is 1. The number of carbonyl (C=O) groups is 1. The molecule has 0 aliphatic heterocycles. The molecule has 112 valence electrons. The average Bonchev–Trinajstić information content (AvgIpc) is 3.08. The maximum absolute atomic E-state index is 11.3. The van der Waals surface area contributed by atoms with Crippen LogP contribution in [0.25, 0.3) is 0 Å². The number of rotatable bonds is 8. The second-order valence-electron chi connectivity index (χ2n) is 5.75. The van der Waals surface area contributed by atoms with Gasteiger partial charge in [-0.25, -0.2) is 0 Å². The molecule has 1 aromatic rings. The summed E-state index contributed by atoms with van der Waals surface area (Å²) in [6.07, 6.45) is 9.91. The van der Waals surface area contributed by atoms with Gasteiger partial charge < -0.3 is 10.8 Å². The molecule has 5 heteroatoms. The van der Waals surface area contributed by atoms with Gasteiger partial charge in [-0.1, -0.05) is 19.3 Å². The van der Waals surface area contributed by atoms with Crippen molar-refractivity contribution in [2.75, 3.05) is 6.54 Å². The van der Waals surface area contributed by atoms with Crippen LogP contribution in [0.15, 0.2) is 12.3 Å². The van der Waals surface area contributed by atoms with E-state index in [9.17, 15) is 9.90 Å². The van der Waals surface area contributed by atoms with E-state index in [2.05, 4.69) is 5.10 Å². The molecular formula is C15H25N3O2. The molecule has 0 saturated heterocycles. The molecule has 1 aliphatic rings. The van der Waals surface area contributed by atoms with Gasteiger partial charge in [0.25, 0.3) is 0 Å². The summed E-state index contributed by atoms with van der Waals surface area (Å²) in [5.74, 6) is -1.06. The van der Waals surface area contributed by atoms with Crippen molar-refractivity contribution in [2.45, 2.75) is 57.4 Å². The predicted octanol–water partition coefficient (Wildman–Crippen LogP) is 2.37. The van der Waals surface area contributed by atoms with E-state index in [4.69, 9.17) is 5.73 Å². The molecule has 3 N–H and O–H groups in total. The number of aliphatic carboxylic acids is 1. The molecule has 20 heavy (non-hydrogen) atoms. The van der Waals surface area contributed by atoms with Crippen molar-refractivity contribution in [1.29, 1.82) is 0 Å². The second kappa shape index (κ2) is 7.43. The maximum atomic E-state index is 11.3. The first-order valence-electron chi connectivity index (χ1n) is 7.67. The molecule has 1 heterocycles. The van der Waals surface area contributed by atoms with E-state index < -0.39 is 5.97 Å². The molecule has 1 fully saturated rings. The number of aromatic nitrogens is 2. The van der Waals surface area contributed by atoms with Crippen molar-refractivity contribution in [1.82, 2.24) is 9.78 Å². The van der Waals surface area contributed by atoms with Gasteiger partial charge in [-0.3, -0.25) is 9.48 Å². The molecule has 0 aromatic carbocycles. The van der Waals surface area contributed by atoms with E-state index in [1.807, 2.05) is 16.9 Å². The van der Waals surface area contributed by atoms with E-state index in [1.54, 1.807) is 0 Å². The second-order valence-corrected chi connectivity index (χ2v) is 5.75. The molecule has 0 amide bonds. The van der Waals surface area contributed by atoms with Crippen LogP contribution in [0, 0.1) is 5.92 Å². The van der Waals surface area contributed by atoms with Gasteiger partial charge in [-0.05, 0) is 38.3 Å². The highest BCUT2D eigenvalue weighted by Crippen LogP contribution is 2.29. The Hall–Kier alpha value is -1.36. The summed E-state index contributed by atoms with van der Waals surface area (Å²) in [6, 6.07) is 2.49. The van der Waals surface area contributed by atoms with Crippen molar-refractivity contribution in [3.8, 4) is 0 Å². The van der Waals surface area contributed by atoms with Crippen LogP contribution >= 0.6 is 0 Å². The molecule has 0 radical (unpaired) electrons. The largest absolute Gasteiger partial charge is 0.481 e. The van der Waals surface area contributed by atoms with Crippen LogP contribution in [-0.2, 0) is 11.2 Å². The summed E-state index contributed by atoms with van der Waals surface area (Å²) < 4.78 is 2.03. The Morgan fingerprint density at radius 1 is 1.45 bits per heavy atom. The molecule has 1 aromatic heterocycles. The van der Waals surface area contributed by atoms with E-state index in [0.29, 0.717) is 25.4 Å². The van der Waals surface area contributed by atoms with Gasteiger partial charge in [0.2, 0.25) is 0 Å². The molecule has 1 unspecified atom stereocenters. The van der Waals surface area contributed by atoms with E-state index in [1.165, 1.54) is 25.7 Å². The van der Waals surface area contributed by atoms with Gasteiger partial charge in [-0.15, -0.1) is 0 Å². The first-order chi connectivity index (χ1) is 9.70. The van der Waals surface area contributed by atoms with Crippen LogP contribution in [-0.4, -0.2) is 27.4 Å². The fourth-order valence-corrected chi connectivity index (χ4v) is 2.96. The van der Waals surface area contributed by atoms with Gasteiger partial charge in [0.05, 0.1) is 17.7 Å². The zero-order valence-corrected chi connectivity index (χ0v) is 12.0. The van der Waals surface area contributed by atoms with Crippen LogP contribution in [0.2, 0.25) is 0 Å². The average molecular weight is 279 g/mol. The Kier molecular flexibility index (Phi) is 5.59. The Morgan fingerprint density at radius 2 is 2.20 bits per heavy atom. The number of nitrogens with two attached hydrogens (primary N) is 1. The molecular weight excluding hydrogens is 254 g/mol. The van der Waals surface area contributed by atoms with Crippen LogP contribution in [0.3, 0.4) is 0 Å². The summed E-state index contributed by atoms with van der Waals surface area (Å²) in [5, 5.41) is 13.9. The van der Waals surface area contributed by atoms with Crippen LogP contribution in [0.4, 0.5) is 0 Å². The zero-order chi connectivity index (χ0) is 14.4. The Bertz CT molecular complexity index is 425. The van der Waals surface area contributed by atoms with Gasteiger partial charge in [0.15, 0.2) is 0 Å². The fraction of sp³-hybridized carbons (Fsp3) is 0.733. The van der Waals surface area contributed by atoms with Crippen molar-refractivity contribution in [2.24, 2.45) is 11.7 Å². The third-order valence-corrected chi connectivity index (χ3v) is 4.17. The van der Waals surface area contributed by atoms with Crippen LogP contribution in [0.1, 0.15) is 56.7 Å². The highest BCUT2D eigenvalue weighted by molar-refractivity contribution is 5.70. The van der Waals surface area contributed by atoms with Crippen molar-refractivity contribution in [3.63, 3.8) is 0 Å². The van der Waals surface area contributed by atoms with Gasteiger partial charge in [0, 0.05) is 12.6 Å². The number of hydrogen-bond acceptors (Lipinski definition) is 3. The molecule has 1 aliphatic carbocycles. The summed E-state index contributed by atoms with van der Waals surface area (Å²) in [5.41, 5.74) is 6.35. The number of hydrogen-bond donors (Lipinski definition) is 2. The fourth-order valence-electron chi connectivity index (χ4n) is 2.96. The first-order valence-corrected chi connectivity index (χ1v) is 7.67. The Morgan fingerprint density at radius 3 is 2.85 bits per heavy atom. The Labute approximate surface area is 120 Å². The smallest absolute Gasteiger partial charge is 0.306 e. The minimum absolute atomic E-state index is 0.339. The van der Waals surface area contributed by atoms with Gasteiger partial charge in [-0.2, -0.15) is 5.10 Å². The number of carboxylic acid groups (broad SMARTS) is 1. The number of nitrogens with zero attached hydrogens (tertiary/aromatic N) is 2. The standard InChI is InChI=1S/C15H25N3O2/c16-9-4-3-5-12(15(19)20)11-13-8-10-18(17-13)14-6-1-2-7-14/h8,10,12,14H,1-7,9,11,16H2,(H,19,20). The summed E-state index contributed by atoms with van der Waals surface area (Å²) in [4.78, 5) is 11.3. The van der Waals surface area contributed by atoms with Gasteiger partial charge >= 0.3 is 5.97 Å². The SMILES string of the molecule is NCCCCC(Cc1ccn(C2CCCC2)n1)C(=O)O. The summed E-state index contributed by atoms with van der Waals surface area (Å²) in [6.45, 7) is 0.628. The monoisotopic (exact) mass is 279 g/mol. The molecule has 2 rings (SSSR count). The molecule has 0 bridgehead atoms.